The van der Waals surface area contributed by atoms with Crippen molar-refractivity contribution in [1.29, 1.82) is 0 Å². The number of nitrogens with zero attached hydrogens (tertiary/aromatic N) is 3. The van der Waals surface area contributed by atoms with E-state index in [1.165, 1.54) is 6.07 Å². The third kappa shape index (κ3) is 4.12. The average molecular weight is 413 g/mol. The molecule has 0 bridgehead atoms. The highest BCUT2D eigenvalue weighted by atomic mass is 32.1. The van der Waals surface area contributed by atoms with Gasteiger partial charge < -0.3 is 19.0 Å². The first-order valence-electron chi connectivity index (χ1n) is 9.72. The molecule has 0 saturated carbocycles. The lowest BCUT2D eigenvalue weighted by atomic mass is 10.1. The molecular formula is C21H23N3O4S. The minimum Gasteiger partial charge on any atom is -0.481 e. The van der Waals surface area contributed by atoms with E-state index in [9.17, 15) is 9.59 Å². The van der Waals surface area contributed by atoms with Crippen LogP contribution < -0.4 is 15.3 Å². The molecule has 152 valence electrons. The van der Waals surface area contributed by atoms with E-state index in [-0.39, 0.29) is 11.5 Å². The van der Waals surface area contributed by atoms with Gasteiger partial charge in [0.25, 0.3) is 5.91 Å². The highest BCUT2D eigenvalue weighted by molar-refractivity contribution is 7.13. The second-order valence-electron chi connectivity index (χ2n) is 6.99. The molecule has 29 heavy (non-hydrogen) atoms. The quantitative estimate of drug-likeness (QED) is 0.599. The van der Waals surface area contributed by atoms with Crippen LogP contribution in [-0.4, -0.2) is 48.1 Å². The third-order valence-corrected chi connectivity index (χ3v) is 5.96. The van der Waals surface area contributed by atoms with Crippen LogP contribution in [0.4, 0.5) is 5.13 Å². The van der Waals surface area contributed by atoms with Gasteiger partial charge >= 0.3 is 5.63 Å². The van der Waals surface area contributed by atoms with Crippen LogP contribution in [0.15, 0.2) is 45.1 Å². The predicted molar refractivity (Wildman–Crippen MR) is 113 cm³/mol. The zero-order valence-electron chi connectivity index (χ0n) is 16.5. The highest BCUT2D eigenvalue weighted by Crippen LogP contribution is 2.24. The Labute approximate surface area is 172 Å². The molecular weight excluding hydrogens is 390 g/mol. The molecule has 1 aliphatic rings. The second-order valence-corrected chi connectivity index (χ2v) is 7.86. The number of anilines is 1. The number of hydrogen-bond acceptors (Lipinski definition) is 7. The van der Waals surface area contributed by atoms with E-state index in [4.69, 9.17) is 9.15 Å². The van der Waals surface area contributed by atoms with Crippen LogP contribution in [0.1, 0.15) is 19.4 Å². The Morgan fingerprint density at radius 3 is 2.76 bits per heavy atom. The van der Waals surface area contributed by atoms with Crippen molar-refractivity contribution in [2.75, 3.05) is 31.1 Å². The van der Waals surface area contributed by atoms with Gasteiger partial charge in [-0.25, -0.2) is 9.78 Å². The Balaban J connectivity index is 1.42. The summed E-state index contributed by atoms with van der Waals surface area (Å²) in [6, 6.07) is 6.88. The maximum Gasteiger partial charge on any atom is 0.336 e. The molecule has 0 aliphatic carbocycles. The van der Waals surface area contributed by atoms with E-state index in [0.717, 1.165) is 35.6 Å². The molecule has 1 amide bonds. The fourth-order valence-corrected chi connectivity index (χ4v) is 4.27. The maximum atomic E-state index is 12.8. The molecule has 4 rings (SSSR count). The minimum atomic E-state index is -0.625. The summed E-state index contributed by atoms with van der Waals surface area (Å²) in [5.74, 6) is 0.462. The van der Waals surface area contributed by atoms with Gasteiger partial charge in [-0.05, 0) is 31.0 Å². The smallest absolute Gasteiger partial charge is 0.336 e. The van der Waals surface area contributed by atoms with Gasteiger partial charge in [-0.1, -0.05) is 6.92 Å². The molecule has 1 unspecified atom stereocenters. The molecule has 3 aromatic rings. The van der Waals surface area contributed by atoms with Crippen molar-refractivity contribution >= 4 is 33.3 Å². The lowest BCUT2D eigenvalue weighted by molar-refractivity contribution is -0.138. The van der Waals surface area contributed by atoms with Crippen molar-refractivity contribution in [3.05, 3.63) is 51.8 Å². The molecule has 8 heteroatoms. The van der Waals surface area contributed by atoms with Crippen LogP contribution >= 0.6 is 11.3 Å². The summed E-state index contributed by atoms with van der Waals surface area (Å²) in [5.41, 5.74) is 1.03. The lowest BCUT2D eigenvalue weighted by Gasteiger charge is -2.35. The van der Waals surface area contributed by atoms with E-state index >= 15 is 0 Å². The number of thiazole rings is 1. The summed E-state index contributed by atoms with van der Waals surface area (Å²) in [7, 11) is 0. The third-order valence-electron chi connectivity index (χ3n) is 5.12. The molecule has 1 saturated heterocycles. The molecule has 1 fully saturated rings. The van der Waals surface area contributed by atoms with Gasteiger partial charge in [0.05, 0.1) is 0 Å². The minimum absolute atomic E-state index is 0.0485. The normalized spacial score (nSPS) is 15.5. The van der Waals surface area contributed by atoms with Crippen LogP contribution in [-0.2, 0) is 11.2 Å². The number of aromatic nitrogens is 1. The number of aryl methyl sites for hydroxylation is 1. The summed E-state index contributed by atoms with van der Waals surface area (Å²) in [6.07, 6.45) is 1.91. The molecule has 2 aromatic heterocycles. The van der Waals surface area contributed by atoms with Crippen LogP contribution in [0.25, 0.3) is 11.0 Å². The van der Waals surface area contributed by atoms with Gasteiger partial charge in [0, 0.05) is 55.3 Å². The van der Waals surface area contributed by atoms with Crippen LogP contribution in [0.5, 0.6) is 5.75 Å². The molecule has 1 aromatic carbocycles. The Hall–Kier alpha value is -2.87. The largest absolute Gasteiger partial charge is 0.481 e. The zero-order valence-corrected chi connectivity index (χ0v) is 17.3. The van der Waals surface area contributed by atoms with Gasteiger partial charge in [-0.15, -0.1) is 11.3 Å². The molecule has 1 aliphatic heterocycles. The first kappa shape index (κ1) is 19.4. The zero-order chi connectivity index (χ0) is 20.4. The Morgan fingerprint density at radius 1 is 1.28 bits per heavy atom. The fraction of sp³-hybridized carbons (Fsp3) is 0.381. The summed E-state index contributed by atoms with van der Waals surface area (Å²) in [6.45, 7) is 6.53. The van der Waals surface area contributed by atoms with Crippen molar-refractivity contribution in [3.8, 4) is 5.75 Å². The van der Waals surface area contributed by atoms with Gasteiger partial charge in [0.2, 0.25) is 0 Å². The molecule has 0 radical (unpaired) electrons. The molecule has 3 heterocycles. The molecule has 7 nitrogen and oxygen atoms in total. The summed E-state index contributed by atoms with van der Waals surface area (Å²) in [5, 5.41) is 3.83. The van der Waals surface area contributed by atoms with Gasteiger partial charge in [-0.2, -0.15) is 0 Å². The van der Waals surface area contributed by atoms with Gasteiger partial charge in [0.15, 0.2) is 11.2 Å². The number of carbonyl (C=O) groups is 1. The van der Waals surface area contributed by atoms with E-state index < -0.39 is 6.10 Å². The van der Waals surface area contributed by atoms with E-state index in [2.05, 4.69) is 9.88 Å². The van der Waals surface area contributed by atoms with Gasteiger partial charge in [0.1, 0.15) is 11.3 Å². The summed E-state index contributed by atoms with van der Waals surface area (Å²) >= 11 is 1.61. The average Bonchev–Trinajstić information content (AvgIpc) is 3.27. The standard InChI is InChI=1S/C21H23N3O4S/c1-3-15-12-19(25)28-18-13-16(4-5-17(15)18)27-14(2)20(26)23-7-9-24(10-8-23)21-22-6-11-29-21/h4-6,11-14H,3,7-10H2,1-2H3. The number of ether oxygens (including phenoxy) is 1. The van der Waals surface area contributed by atoms with E-state index in [1.807, 2.05) is 29.3 Å². The number of hydrogen-bond donors (Lipinski definition) is 0. The topological polar surface area (TPSA) is 75.9 Å². The van der Waals surface area contributed by atoms with Crippen molar-refractivity contribution in [2.24, 2.45) is 0 Å². The van der Waals surface area contributed by atoms with Crippen molar-refractivity contribution in [2.45, 2.75) is 26.4 Å². The fourth-order valence-electron chi connectivity index (χ4n) is 3.58. The SMILES string of the molecule is CCc1cc(=O)oc2cc(OC(C)C(=O)N3CCN(c4nccs4)CC3)ccc12. The monoisotopic (exact) mass is 413 g/mol. The van der Waals surface area contributed by atoms with E-state index in [1.54, 1.807) is 30.5 Å². The van der Waals surface area contributed by atoms with E-state index in [0.29, 0.717) is 24.4 Å². The predicted octanol–water partition coefficient (Wildman–Crippen LogP) is 2.93. The highest BCUT2D eigenvalue weighted by Gasteiger charge is 2.27. The number of carbonyl (C=O) groups excluding carboxylic acids is 1. The first-order chi connectivity index (χ1) is 14.0. The molecule has 0 N–H and O–H groups in total. The second kappa shape index (κ2) is 8.24. The lowest BCUT2D eigenvalue weighted by Crippen LogP contribution is -2.52. The summed E-state index contributed by atoms with van der Waals surface area (Å²) < 4.78 is 11.2. The molecule has 1 atom stereocenters. The first-order valence-corrected chi connectivity index (χ1v) is 10.6. The van der Waals surface area contributed by atoms with Crippen LogP contribution in [0.2, 0.25) is 0 Å². The number of fused-ring (bicyclic) bond motifs is 1. The van der Waals surface area contributed by atoms with Crippen molar-refractivity contribution in [1.82, 2.24) is 9.88 Å². The van der Waals surface area contributed by atoms with Crippen molar-refractivity contribution < 1.29 is 13.9 Å². The molecule has 0 spiro atoms. The summed E-state index contributed by atoms with van der Waals surface area (Å²) in [4.78, 5) is 32.9. The van der Waals surface area contributed by atoms with Crippen molar-refractivity contribution in [3.63, 3.8) is 0 Å². The van der Waals surface area contributed by atoms with Gasteiger partial charge in [-0.3, -0.25) is 4.79 Å². The number of piperazine rings is 1. The van der Waals surface area contributed by atoms with Crippen LogP contribution in [0.3, 0.4) is 0 Å². The maximum absolute atomic E-state index is 12.8. The number of rotatable bonds is 5. The number of amides is 1. The number of benzene rings is 1. The van der Waals surface area contributed by atoms with Crippen LogP contribution in [0, 0.1) is 0 Å². The Morgan fingerprint density at radius 2 is 2.07 bits per heavy atom. The Bertz CT molecular complexity index is 1060. The Kier molecular flexibility index (Phi) is 5.53.